The van der Waals surface area contributed by atoms with E-state index in [0.717, 1.165) is 70.4 Å². The van der Waals surface area contributed by atoms with Crippen molar-refractivity contribution in [3.63, 3.8) is 0 Å². The van der Waals surface area contributed by atoms with Gasteiger partial charge in [0.25, 0.3) is 0 Å². The number of guanidine groups is 1. The molecule has 1 fully saturated rings. The fraction of sp³-hybridized carbons (Fsp3) is 0.667. The van der Waals surface area contributed by atoms with Gasteiger partial charge in [0.05, 0.1) is 0 Å². The lowest BCUT2D eigenvalue weighted by Gasteiger charge is -2.34. The van der Waals surface area contributed by atoms with Crippen molar-refractivity contribution in [2.45, 2.75) is 46.1 Å². The van der Waals surface area contributed by atoms with Crippen molar-refractivity contribution in [3.8, 4) is 5.75 Å². The largest absolute Gasteiger partial charge is 0.490 e. The second-order valence-corrected chi connectivity index (χ2v) is 7.18. The molecule has 1 saturated heterocycles. The second kappa shape index (κ2) is 14.0. The van der Waals surface area contributed by atoms with E-state index in [4.69, 9.17) is 14.5 Å². The fourth-order valence-corrected chi connectivity index (χ4v) is 2.97. The molecule has 0 aliphatic carbocycles. The number of piperidine rings is 1. The minimum atomic E-state index is 0. The van der Waals surface area contributed by atoms with Crippen molar-refractivity contribution in [2.24, 2.45) is 10.9 Å². The Bertz CT molecular complexity index is 517. The van der Waals surface area contributed by atoms with E-state index in [0.29, 0.717) is 12.0 Å². The summed E-state index contributed by atoms with van der Waals surface area (Å²) in [5.41, 5.74) is 0. The number of rotatable bonds is 9. The number of nitrogens with zero attached hydrogens (tertiary/aromatic N) is 2. The standard InChI is InChI=1S/C21H35N3O2.HI/c1-4-22-21(23-13-8-16-25-17-18(2)3)24-14-11-20(12-15-24)26-19-9-6-5-7-10-19;/h5-7,9-10,18,20H,4,8,11-17H2,1-3H3,(H,22,23);1H. The number of ether oxygens (including phenoxy) is 2. The lowest BCUT2D eigenvalue weighted by molar-refractivity contribution is 0.109. The Hall–Kier alpha value is -1.02. The predicted octanol–water partition coefficient (Wildman–Crippen LogP) is 4.18. The van der Waals surface area contributed by atoms with Crippen LogP contribution in [0, 0.1) is 5.92 Å². The van der Waals surface area contributed by atoms with Crippen molar-refractivity contribution in [1.82, 2.24) is 10.2 Å². The monoisotopic (exact) mass is 489 g/mol. The maximum Gasteiger partial charge on any atom is 0.193 e. The Kier molecular flexibility index (Phi) is 12.5. The lowest BCUT2D eigenvalue weighted by Crippen LogP contribution is -2.47. The first-order chi connectivity index (χ1) is 12.7. The van der Waals surface area contributed by atoms with Gasteiger partial charge in [-0.2, -0.15) is 0 Å². The third-order valence-electron chi connectivity index (χ3n) is 4.28. The van der Waals surface area contributed by atoms with E-state index in [9.17, 15) is 0 Å². The van der Waals surface area contributed by atoms with Crippen LogP contribution in [0.15, 0.2) is 35.3 Å². The zero-order valence-electron chi connectivity index (χ0n) is 17.0. The summed E-state index contributed by atoms with van der Waals surface area (Å²) < 4.78 is 11.7. The Morgan fingerprint density at radius 2 is 1.93 bits per heavy atom. The molecule has 0 saturated carbocycles. The number of hydrogen-bond acceptors (Lipinski definition) is 3. The van der Waals surface area contributed by atoms with Crippen LogP contribution in [0.4, 0.5) is 0 Å². The number of hydrogen-bond donors (Lipinski definition) is 1. The first-order valence-electron chi connectivity index (χ1n) is 10.0. The first-order valence-corrected chi connectivity index (χ1v) is 10.0. The lowest BCUT2D eigenvalue weighted by atomic mass is 10.1. The molecular weight excluding hydrogens is 453 g/mol. The van der Waals surface area contributed by atoms with Crippen molar-refractivity contribution < 1.29 is 9.47 Å². The zero-order valence-corrected chi connectivity index (χ0v) is 19.4. The molecule has 6 heteroatoms. The number of halogens is 1. The summed E-state index contributed by atoms with van der Waals surface area (Å²) in [5, 5.41) is 3.42. The van der Waals surface area contributed by atoms with Crippen LogP contribution < -0.4 is 10.1 Å². The average Bonchev–Trinajstić information content (AvgIpc) is 2.65. The predicted molar refractivity (Wildman–Crippen MR) is 123 cm³/mol. The number of aliphatic imine (C=N–C) groups is 1. The van der Waals surface area contributed by atoms with E-state index < -0.39 is 0 Å². The van der Waals surface area contributed by atoms with E-state index in [2.05, 4.69) is 31.0 Å². The van der Waals surface area contributed by atoms with Gasteiger partial charge < -0.3 is 19.7 Å². The van der Waals surface area contributed by atoms with Gasteiger partial charge in [0.15, 0.2) is 5.96 Å². The molecule has 1 aromatic carbocycles. The molecule has 0 radical (unpaired) electrons. The molecule has 5 nitrogen and oxygen atoms in total. The van der Waals surface area contributed by atoms with Crippen LogP contribution in [0.5, 0.6) is 5.75 Å². The Morgan fingerprint density at radius 1 is 1.22 bits per heavy atom. The van der Waals surface area contributed by atoms with Crippen LogP contribution in [-0.4, -0.2) is 56.4 Å². The number of para-hydroxylation sites is 1. The van der Waals surface area contributed by atoms with Gasteiger partial charge in [-0.15, -0.1) is 24.0 Å². The smallest absolute Gasteiger partial charge is 0.193 e. The SMILES string of the molecule is CCNC(=NCCCOCC(C)C)N1CCC(Oc2ccccc2)CC1.I. The minimum Gasteiger partial charge on any atom is -0.490 e. The van der Waals surface area contributed by atoms with Gasteiger partial charge in [-0.3, -0.25) is 4.99 Å². The van der Waals surface area contributed by atoms with Crippen LogP contribution in [0.2, 0.25) is 0 Å². The van der Waals surface area contributed by atoms with Gasteiger partial charge >= 0.3 is 0 Å². The normalized spacial score (nSPS) is 15.6. The Labute approximate surface area is 181 Å². The van der Waals surface area contributed by atoms with Crippen LogP contribution in [0.1, 0.15) is 40.0 Å². The average molecular weight is 489 g/mol. The maximum absolute atomic E-state index is 6.08. The van der Waals surface area contributed by atoms with E-state index in [1.54, 1.807) is 0 Å². The summed E-state index contributed by atoms with van der Waals surface area (Å²) in [5.74, 6) is 2.58. The van der Waals surface area contributed by atoms with Crippen molar-refractivity contribution in [2.75, 3.05) is 39.4 Å². The molecule has 1 aliphatic rings. The molecule has 0 spiro atoms. The van der Waals surface area contributed by atoms with Gasteiger partial charge in [0.1, 0.15) is 11.9 Å². The highest BCUT2D eigenvalue weighted by atomic mass is 127. The number of benzene rings is 1. The van der Waals surface area contributed by atoms with Gasteiger partial charge in [-0.1, -0.05) is 32.0 Å². The third-order valence-corrected chi connectivity index (χ3v) is 4.28. The third kappa shape index (κ3) is 9.65. The highest BCUT2D eigenvalue weighted by Gasteiger charge is 2.22. The molecule has 2 rings (SSSR count). The first kappa shape index (κ1) is 24.0. The summed E-state index contributed by atoms with van der Waals surface area (Å²) in [6.07, 6.45) is 3.31. The van der Waals surface area contributed by atoms with E-state index in [1.807, 2.05) is 30.3 Å². The minimum absolute atomic E-state index is 0. The van der Waals surface area contributed by atoms with Crippen LogP contribution in [0.3, 0.4) is 0 Å². The molecule has 154 valence electrons. The van der Waals surface area contributed by atoms with Crippen molar-refractivity contribution in [3.05, 3.63) is 30.3 Å². The highest BCUT2D eigenvalue weighted by molar-refractivity contribution is 14.0. The molecule has 1 N–H and O–H groups in total. The van der Waals surface area contributed by atoms with Crippen LogP contribution in [-0.2, 0) is 4.74 Å². The van der Waals surface area contributed by atoms with Crippen molar-refractivity contribution >= 4 is 29.9 Å². The number of nitrogens with one attached hydrogen (secondary N) is 1. The molecule has 1 aliphatic heterocycles. The Balaban J connectivity index is 0.00000364. The van der Waals surface area contributed by atoms with Crippen molar-refractivity contribution in [1.29, 1.82) is 0 Å². The zero-order chi connectivity index (χ0) is 18.6. The summed E-state index contributed by atoms with van der Waals surface area (Å²) in [4.78, 5) is 7.12. The summed E-state index contributed by atoms with van der Waals surface area (Å²) >= 11 is 0. The molecule has 27 heavy (non-hydrogen) atoms. The van der Waals surface area contributed by atoms with Gasteiger partial charge in [0, 0.05) is 52.2 Å². The molecular formula is C21H36IN3O2. The van der Waals surface area contributed by atoms with Gasteiger partial charge in [0.2, 0.25) is 0 Å². The summed E-state index contributed by atoms with van der Waals surface area (Å²) in [7, 11) is 0. The molecule has 1 heterocycles. The second-order valence-electron chi connectivity index (χ2n) is 7.18. The molecule has 0 unspecified atom stereocenters. The van der Waals surface area contributed by atoms with Crippen LogP contribution >= 0.6 is 24.0 Å². The topological polar surface area (TPSA) is 46.1 Å². The van der Waals surface area contributed by atoms with E-state index in [-0.39, 0.29) is 24.0 Å². The summed E-state index contributed by atoms with van der Waals surface area (Å²) in [6.45, 7) is 11.7. The fourth-order valence-electron chi connectivity index (χ4n) is 2.97. The van der Waals surface area contributed by atoms with Gasteiger partial charge in [-0.05, 0) is 31.4 Å². The van der Waals surface area contributed by atoms with E-state index in [1.165, 1.54) is 0 Å². The molecule has 0 amide bonds. The summed E-state index contributed by atoms with van der Waals surface area (Å²) in [6, 6.07) is 10.1. The molecule has 0 aromatic heterocycles. The Morgan fingerprint density at radius 3 is 2.56 bits per heavy atom. The van der Waals surface area contributed by atoms with Crippen LogP contribution in [0.25, 0.3) is 0 Å². The molecule has 1 aromatic rings. The van der Waals surface area contributed by atoms with E-state index >= 15 is 0 Å². The number of likely N-dealkylation sites (tertiary alicyclic amines) is 1. The maximum atomic E-state index is 6.08. The molecule has 0 bridgehead atoms. The molecule has 0 atom stereocenters. The van der Waals surface area contributed by atoms with Gasteiger partial charge in [-0.25, -0.2) is 0 Å². The highest BCUT2D eigenvalue weighted by Crippen LogP contribution is 2.18. The quantitative estimate of drug-likeness (QED) is 0.245.